The number of aromatic nitrogens is 1. The first-order chi connectivity index (χ1) is 7.75. The fourth-order valence-corrected chi connectivity index (χ4v) is 2.64. The van der Waals surface area contributed by atoms with Crippen molar-refractivity contribution in [2.45, 2.75) is 32.6 Å². The monoisotopic (exact) mass is 231 g/mol. The summed E-state index contributed by atoms with van der Waals surface area (Å²) in [5.74, 6) is 0.568. The predicted molar refractivity (Wildman–Crippen MR) is 70.0 cm³/mol. The van der Waals surface area contributed by atoms with Crippen molar-refractivity contribution in [3.8, 4) is 0 Å². The van der Waals surface area contributed by atoms with E-state index in [-0.39, 0.29) is 0 Å². The van der Waals surface area contributed by atoms with Crippen molar-refractivity contribution >= 4 is 11.3 Å². The Balaban J connectivity index is 1.91. The van der Waals surface area contributed by atoms with Crippen molar-refractivity contribution in [3.05, 3.63) is 52.0 Å². The Bertz CT molecular complexity index is 433. The molecule has 0 aliphatic heterocycles. The zero-order valence-electron chi connectivity index (χ0n) is 9.81. The van der Waals surface area contributed by atoms with Crippen LogP contribution in [0.15, 0.2) is 35.7 Å². The van der Waals surface area contributed by atoms with Crippen LogP contribution in [0, 0.1) is 6.92 Å². The molecule has 0 aliphatic carbocycles. The Labute approximate surface area is 101 Å². The lowest BCUT2D eigenvalue weighted by atomic mass is 10.0. The van der Waals surface area contributed by atoms with Gasteiger partial charge in [-0.05, 0) is 25.3 Å². The highest BCUT2D eigenvalue weighted by Crippen LogP contribution is 2.24. The summed E-state index contributed by atoms with van der Waals surface area (Å²) >= 11 is 1.78. The Kier molecular flexibility index (Phi) is 3.73. The number of hydrogen-bond acceptors (Lipinski definition) is 2. The zero-order chi connectivity index (χ0) is 11.4. The largest absolute Gasteiger partial charge is 0.246 e. The van der Waals surface area contributed by atoms with E-state index >= 15 is 0 Å². The molecule has 0 aliphatic rings. The van der Waals surface area contributed by atoms with E-state index in [2.05, 4.69) is 54.5 Å². The Morgan fingerprint density at radius 2 is 2.00 bits per heavy atom. The molecule has 0 N–H and O–H groups in total. The van der Waals surface area contributed by atoms with Crippen LogP contribution in [0.2, 0.25) is 0 Å². The summed E-state index contributed by atoms with van der Waals surface area (Å²) in [5, 5.41) is 3.40. The van der Waals surface area contributed by atoms with Crippen LogP contribution in [0.1, 0.15) is 35.5 Å². The first-order valence-corrected chi connectivity index (χ1v) is 6.59. The van der Waals surface area contributed by atoms with Gasteiger partial charge in [0.15, 0.2) is 0 Å². The Morgan fingerprint density at radius 1 is 1.25 bits per heavy atom. The number of hydrogen-bond donors (Lipinski definition) is 0. The molecule has 0 radical (unpaired) electrons. The summed E-state index contributed by atoms with van der Waals surface area (Å²) in [6.07, 6.45) is 2.32. The van der Waals surface area contributed by atoms with Gasteiger partial charge in [-0.3, -0.25) is 0 Å². The molecule has 0 fully saturated rings. The first kappa shape index (κ1) is 11.3. The molecule has 1 aromatic carbocycles. The molecule has 1 aromatic heterocycles. The maximum Gasteiger partial charge on any atom is 0.0956 e. The summed E-state index contributed by atoms with van der Waals surface area (Å²) in [7, 11) is 0. The lowest BCUT2D eigenvalue weighted by Crippen LogP contribution is -1.96. The highest BCUT2D eigenvalue weighted by Gasteiger charge is 2.09. The lowest BCUT2D eigenvalue weighted by Gasteiger charge is -2.07. The second kappa shape index (κ2) is 5.26. The van der Waals surface area contributed by atoms with Gasteiger partial charge >= 0.3 is 0 Å². The molecular weight excluding hydrogens is 214 g/mol. The van der Waals surface area contributed by atoms with Crippen molar-refractivity contribution in [2.24, 2.45) is 0 Å². The van der Waals surface area contributed by atoms with Gasteiger partial charge in [0.05, 0.1) is 5.01 Å². The predicted octanol–water partition coefficient (Wildman–Crippen LogP) is 4.19. The van der Waals surface area contributed by atoms with Gasteiger partial charge in [-0.25, -0.2) is 4.98 Å². The highest BCUT2D eigenvalue weighted by molar-refractivity contribution is 7.09. The number of aryl methyl sites for hydroxylation is 2. The summed E-state index contributed by atoms with van der Waals surface area (Å²) in [5.41, 5.74) is 2.56. The zero-order valence-corrected chi connectivity index (χ0v) is 10.6. The maximum atomic E-state index is 4.54. The van der Waals surface area contributed by atoms with Gasteiger partial charge in [0.2, 0.25) is 0 Å². The molecule has 16 heavy (non-hydrogen) atoms. The van der Waals surface area contributed by atoms with Crippen LogP contribution in [-0.4, -0.2) is 4.98 Å². The van der Waals surface area contributed by atoms with Crippen LogP contribution in [0.25, 0.3) is 0 Å². The molecule has 2 rings (SSSR count). The van der Waals surface area contributed by atoms with Crippen LogP contribution in [-0.2, 0) is 6.42 Å². The second-order valence-corrected chi connectivity index (χ2v) is 5.14. The molecule has 1 nitrogen and oxygen atoms in total. The van der Waals surface area contributed by atoms with Gasteiger partial charge in [0.1, 0.15) is 0 Å². The Hall–Kier alpha value is -1.15. The molecule has 1 unspecified atom stereocenters. The van der Waals surface area contributed by atoms with E-state index in [1.165, 1.54) is 17.0 Å². The molecule has 2 aromatic rings. The third-order valence-corrected chi connectivity index (χ3v) is 3.96. The molecule has 0 spiro atoms. The normalized spacial score (nSPS) is 12.6. The number of thiazole rings is 1. The summed E-state index contributed by atoms with van der Waals surface area (Å²) in [4.78, 5) is 4.54. The van der Waals surface area contributed by atoms with Gasteiger partial charge in [0, 0.05) is 17.0 Å². The van der Waals surface area contributed by atoms with Gasteiger partial charge in [-0.15, -0.1) is 11.3 Å². The van der Waals surface area contributed by atoms with Crippen molar-refractivity contribution in [1.29, 1.82) is 0 Å². The van der Waals surface area contributed by atoms with Gasteiger partial charge in [-0.2, -0.15) is 0 Å². The molecule has 1 heterocycles. The van der Waals surface area contributed by atoms with Crippen molar-refractivity contribution in [1.82, 2.24) is 4.98 Å². The number of benzene rings is 1. The smallest absolute Gasteiger partial charge is 0.0956 e. The van der Waals surface area contributed by atoms with Crippen LogP contribution in [0.3, 0.4) is 0 Å². The highest BCUT2D eigenvalue weighted by atomic mass is 32.1. The summed E-state index contributed by atoms with van der Waals surface area (Å²) in [6.45, 7) is 4.32. The van der Waals surface area contributed by atoms with E-state index in [1.54, 1.807) is 11.3 Å². The number of nitrogens with zero attached hydrogens (tertiary/aromatic N) is 1. The topological polar surface area (TPSA) is 12.9 Å². The third kappa shape index (κ3) is 2.92. The molecule has 0 amide bonds. The minimum Gasteiger partial charge on any atom is -0.246 e. The van der Waals surface area contributed by atoms with Crippen molar-refractivity contribution < 1.29 is 0 Å². The second-order valence-electron chi connectivity index (χ2n) is 4.25. The molecular formula is C14H17NS. The minimum atomic E-state index is 0.568. The van der Waals surface area contributed by atoms with Gasteiger partial charge < -0.3 is 0 Å². The lowest BCUT2D eigenvalue weighted by molar-refractivity contribution is 0.673. The average molecular weight is 231 g/mol. The standard InChI is InChI=1S/C14H17NS/c1-11(14-15-12(2)10-16-14)8-9-13-6-4-3-5-7-13/h3-7,10-11H,8-9H2,1-2H3. The summed E-state index contributed by atoms with van der Waals surface area (Å²) < 4.78 is 0. The summed E-state index contributed by atoms with van der Waals surface area (Å²) in [6, 6.07) is 10.7. The first-order valence-electron chi connectivity index (χ1n) is 5.71. The van der Waals surface area contributed by atoms with E-state index in [0.717, 1.165) is 12.1 Å². The molecule has 1 atom stereocenters. The van der Waals surface area contributed by atoms with Crippen LogP contribution in [0.5, 0.6) is 0 Å². The fraction of sp³-hybridized carbons (Fsp3) is 0.357. The quantitative estimate of drug-likeness (QED) is 0.769. The van der Waals surface area contributed by atoms with Crippen LogP contribution < -0.4 is 0 Å². The van der Waals surface area contributed by atoms with Crippen LogP contribution >= 0.6 is 11.3 Å². The third-order valence-electron chi connectivity index (χ3n) is 2.77. The molecule has 0 bridgehead atoms. The minimum absolute atomic E-state index is 0.568. The molecule has 2 heteroatoms. The SMILES string of the molecule is Cc1csc(C(C)CCc2ccccc2)n1. The molecule has 84 valence electrons. The number of rotatable bonds is 4. The average Bonchev–Trinajstić information content (AvgIpc) is 2.74. The van der Waals surface area contributed by atoms with Crippen LogP contribution in [0.4, 0.5) is 0 Å². The maximum absolute atomic E-state index is 4.54. The van der Waals surface area contributed by atoms with E-state index in [9.17, 15) is 0 Å². The van der Waals surface area contributed by atoms with Crippen molar-refractivity contribution in [3.63, 3.8) is 0 Å². The fourth-order valence-electron chi connectivity index (χ4n) is 1.75. The van der Waals surface area contributed by atoms with Gasteiger partial charge in [-0.1, -0.05) is 37.3 Å². The Morgan fingerprint density at radius 3 is 2.62 bits per heavy atom. The van der Waals surface area contributed by atoms with Crippen molar-refractivity contribution in [2.75, 3.05) is 0 Å². The molecule has 0 saturated heterocycles. The molecule has 0 saturated carbocycles. The van der Waals surface area contributed by atoms with Gasteiger partial charge in [0.25, 0.3) is 0 Å². The van der Waals surface area contributed by atoms with E-state index < -0.39 is 0 Å². The van der Waals surface area contributed by atoms with E-state index in [1.807, 2.05) is 0 Å². The van der Waals surface area contributed by atoms with E-state index in [4.69, 9.17) is 0 Å². The van der Waals surface area contributed by atoms with E-state index in [0.29, 0.717) is 5.92 Å².